The Labute approximate surface area is 150 Å². The second kappa shape index (κ2) is 5.77. The first-order valence-corrected chi connectivity index (χ1v) is 9.09. The average molecular weight is 356 g/mol. The molecule has 0 saturated carbocycles. The Balaban J connectivity index is 1.46. The minimum absolute atomic E-state index is 0.0147. The molecule has 2 aliphatic heterocycles. The minimum atomic E-state index is -0.131. The normalized spacial score (nSPS) is 24.8. The van der Waals surface area contributed by atoms with E-state index in [0.717, 1.165) is 25.0 Å². The molecule has 0 aromatic carbocycles. The van der Waals surface area contributed by atoms with Crippen molar-refractivity contribution in [1.82, 2.24) is 19.9 Å². The number of nitrogens with zero attached hydrogens (tertiary/aromatic N) is 4. The highest BCUT2D eigenvalue weighted by atomic mass is 16.5. The summed E-state index contributed by atoms with van der Waals surface area (Å²) in [5, 5.41) is 8.14. The van der Waals surface area contributed by atoms with E-state index in [9.17, 15) is 9.59 Å². The molecule has 2 aromatic heterocycles. The van der Waals surface area contributed by atoms with E-state index in [1.54, 1.807) is 18.0 Å². The molecule has 2 aromatic rings. The molecule has 0 spiro atoms. The summed E-state index contributed by atoms with van der Waals surface area (Å²) in [4.78, 5) is 27.4. The van der Waals surface area contributed by atoms with E-state index in [1.165, 1.54) is 0 Å². The number of rotatable bonds is 1. The maximum absolute atomic E-state index is 13.3. The van der Waals surface area contributed by atoms with Crippen LogP contribution >= 0.6 is 0 Å². The summed E-state index contributed by atoms with van der Waals surface area (Å²) >= 11 is 0. The van der Waals surface area contributed by atoms with Gasteiger partial charge in [-0.1, -0.05) is 5.21 Å². The number of hydrogen-bond donors (Lipinski definition) is 0. The number of aryl methyl sites for hydroxylation is 2. The van der Waals surface area contributed by atoms with Crippen molar-refractivity contribution in [3.63, 3.8) is 0 Å². The van der Waals surface area contributed by atoms with Crippen molar-refractivity contribution >= 4 is 11.7 Å². The molecule has 0 N–H and O–H groups in total. The van der Waals surface area contributed by atoms with E-state index in [2.05, 4.69) is 10.3 Å². The Morgan fingerprint density at radius 3 is 3.12 bits per heavy atom. The third kappa shape index (κ3) is 2.25. The van der Waals surface area contributed by atoms with Gasteiger partial charge in [0.1, 0.15) is 11.5 Å². The number of fused-ring (bicyclic) bond motifs is 4. The van der Waals surface area contributed by atoms with E-state index in [-0.39, 0.29) is 23.8 Å². The van der Waals surface area contributed by atoms with Crippen LogP contribution in [0.4, 0.5) is 0 Å². The molecule has 136 valence electrons. The van der Waals surface area contributed by atoms with Gasteiger partial charge in [-0.15, -0.1) is 5.10 Å². The zero-order valence-corrected chi connectivity index (χ0v) is 14.6. The number of Topliss-reactive ketones (excluding diaryl/α,β-unsaturated/α-hetero) is 1. The fourth-order valence-corrected chi connectivity index (χ4v) is 4.39. The van der Waals surface area contributed by atoms with Crippen molar-refractivity contribution in [1.29, 1.82) is 0 Å². The minimum Gasteiger partial charge on any atom is -0.465 e. The highest BCUT2D eigenvalue weighted by molar-refractivity contribution is 6.10. The largest absolute Gasteiger partial charge is 0.465 e. The van der Waals surface area contributed by atoms with E-state index in [0.29, 0.717) is 48.8 Å². The van der Waals surface area contributed by atoms with Gasteiger partial charge < -0.3 is 14.1 Å². The molecule has 3 aliphatic rings. The summed E-state index contributed by atoms with van der Waals surface area (Å²) in [7, 11) is 0. The fraction of sp³-hybridized carbons (Fsp3) is 0.556. The third-order valence-electron chi connectivity index (χ3n) is 5.67. The number of likely N-dealkylation sites (tertiary alicyclic amines) is 1. The Bertz CT molecular complexity index is 899. The van der Waals surface area contributed by atoms with Gasteiger partial charge in [0.2, 0.25) is 0 Å². The van der Waals surface area contributed by atoms with Crippen LogP contribution in [-0.2, 0) is 17.8 Å². The number of piperidine rings is 1. The van der Waals surface area contributed by atoms with E-state index in [4.69, 9.17) is 9.15 Å². The Morgan fingerprint density at radius 1 is 1.35 bits per heavy atom. The van der Waals surface area contributed by atoms with E-state index < -0.39 is 0 Å². The monoisotopic (exact) mass is 356 g/mol. The van der Waals surface area contributed by atoms with Crippen LogP contribution in [0.5, 0.6) is 0 Å². The van der Waals surface area contributed by atoms with Gasteiger partial charge in [0.15, 0.2) is 5.78 Å². The predicted molar refractivity (Wildman–Crippen MR) is 88.9 cm³/mol. The molecule has 8 nitrogen and oxygen atoms in total. The SMILES string of the molecule is Cc1oc2c(c1C(=O)N1CC[C@@H]3OCc4cnnn4[C@H]3C1)C(=O)CCC2. The zero-order chi connectivity index (χ0) is 17.8. The molecule has 0 bridgehead atoms. The number of carbonyl (C=O) groups is 2. The number of hydrogen-bond acceptors (Lipinski definition) is 6. The maximum Gasteiger partial charge on any atom is 0.258 e. The van der Waals surface area contributed by atoms with Crippen LogP contribution in [0.2, 0.25) is 0 Å². The lowest BCUT2D eigenvalue weighted by atomic mass is 9.92. The van der Waals surface area contributed by atoms with E-state index in [1.807, 2.05) is 4.68 Å². The molecule has 1 saturated heterocycles. The second-order valence-corrected chi connectivity index (χ2v) is 7.23. The van der Waals surface area contributed by atoms with Crippen LogP contribution in [-0.4, -0.2) is 50.8 Å². The molecular formula is C18H20N4O4. The fourth-order valence-electron chi connectivity index (χ4n) is 4.39. The first-order valence-electron chi connectivity index (χ1n) is 9.09. The van der Waals surface area contributed by atoms with Crippen LogP contribution in [0.25, 0.3) is 0 Å². The second-order valence-electron chi connectivity index (χ2n) is 7.23. The summed E-state index contributed by atoms with van der Waals surface area (Å²) in [6.07, 6.45) is 4.46. The van der Waals surface area contributed by atoms with Crippen LogP contribution in [0.1, 0.15) is 63.2 Å². The van der Waals surface area contributed by atoms with Crippen LogP contribution in [0, 0.1) is 6.92 Å². The smallest absolute Gasteiger partial charge is 0.258 e. The van der Waals surface area contributed by atoms with Crippen LogP contribution < -0.4 is 0 Å². The summed E-state index contributed by atoms with van der Waals surface area (Å²) in [5.74, 6) is 1.09. The van der Waals surface area contributed by atoms with Crippen LogP contribution in [0.15, 0.2) is 10.6 Å². The maximum atomic E-state index is 13.3. The lowest BCUT2D eigenvalue weighted by molar-refractivity contribution is -0.0605. The zero-order valence-electron chi connectivity index (χ0n) is 14.6. The highest BCUT2D eigenvalue weighted by Crippen LogP contribution is 2.34. The summed E-state index contributed by atoms with van der Waals surface area (Å²) in [6, 6.07) is -0.0438. The number of ether oxygens (including phenoxy) is 1. The number of amides is 1. The average Bonchev–Trinajstić information content (AvgIpc) is 3.25. The molecule has 0 unspecified atom stereocenters. The molecule has 1 aliphatic carbocycles. The van der Waals surface area contributed by atoms with Gasteiger partial charge in [0.05, 0.1) is 41.8 Å². The van der Waals surface area contributed by atoms with Gasteiger partial charge in [0.25, 0.3) is 5.91 Å². The van der Waals surface area contributed by atoms with Gasteiger partial charge in [-0.05, 0) is 19.8 Å². The van der Waals surface area contributed by atoms with Gasteiger partial charge >= 0.3 is 0 Å². The van der Waals surface area contributed by atoms with Gasteiger partial charge in [0, 0.05) is 25.9 Å². The van der Waals surface area contributed by atoms with Crippen LogP contribution in [0.3, 0.4) is 0 Å². The first-order chi connectivity index (χ1) is 12.6. The molecule has 1 fully saturated rings. The standard InChI is InChI=1S/C18H20N4O4/c1-10-16(17-13(23)3-2-4-15(17)26-10)18(24)21-6-5-14-12(8-21)22-11(9-25-14)7-19-20-22/h7,12,14H,2-6,8-9H2,1H3/t12-,14-/m0/s1. The van der Waals surface area contributed by atoms with Gasteiger partial charge in [-0.25, -0.2) is 4.68 Å². The van der Waals surface area contributed by atoms with Crippen molar-refractivity contribution in [2.24, 2.45) is 0 Å². The molecule has 4 heterocycles. The molecular weight excluding hydrogens is 336 g/mol. The molecule has 2 atom stereocenters. The number of furan rings is 1. The molecule has 0 radical (unpaired) electrons. The Hall–Kier alpha value is -2.48. The van der Waals surface area contributed by atoms with Crippen molar-refractivity contribution in [3.8, 4) is 0 Å². The Kier molecular flexibility index (Phi) is 3.49. The topological polar surface area (TPSA) is 90.5 Å². The third-order valence-corrected chi connectivity index (χ3v) is 5.67. The highest BCUT2D eigenvalue weighted by Gasteiger charge is 2.40. The van der Waals surface area contributed by atoms with Crippen molar-refractivity contribution in [3.05, 3.63) is 34.5 Å². The molecule has 1 amide bonds. The van der Waals surface area contributed by atoms with Crippen molar-refractivity contribution < 1.29 is 18.7 Å². The molecule has 26 heavy (non-hydrogen) atoms. The lowest BCUT2D eigenvalue weighted by Crippen LogP contribution is -2.50. The predicted octanol–water partition coefficient (Wildman–Crippen LogP) is 1.68. The lowest BCUT2D eigenvalue weighted by Gasteiger charge is -2.41. The molecule has 5 rings (SSSR count). The summed E-state index contributed by atoms with van der Waals surface area (Å²) < 4.78 is 13.5. The number of ketones is 1. The Morgan fingerprint density at radius 2 is 2.23 bits per heavy atom. The first kappa shape index (κ1) is 15.7. The summed E-state index contributed by atoms with van der Waals surface area (Å²) in [6.45, 7) is 3.36. The van der Waals surface area contributed by atoms with Gasteiger partial charge in [-0.3, -0.25) is 9.59 Å². The summed E-state index contributed by atoms with van der Waals surface area (Å²) in [5.41, 5.74) is 1.87. The quantitative estimate of drug-likeness (QED) is 0.772. The number of carbonyl (C=O) groups excluding carboxylic acids is 2. The van der Waals surface area contributed by atoms with Gasteiger partial charge in [-0.2, -0.15) is 0 Å². The van der Waals surface area contributed by atoms with Crippen molar-refractivity contribution in [2.45, 2.75) is 51.4 Å². The number of aromatic nitrogens is 3. The molecule has 8 heteroatoms. The van der Waals surface area contributed by atoms with E-state index >= 15 is 0 Å². The van der Waals surface area contributed by atoms with Crippen molar-refractivity contribution in [2.75, 3.05) is 13.1 Å².